The summed E-state index contributed by atoms with van der Waals surface area (Å²) in [6.45, 7) is 4.66. The maximum Gasteiger partial charge on any atom is 0.124 e. The lowest BCUT2D eigenvalue weighted by Crippen LogP contribution is -2.28. The number of hydrogen-bond donors (Lipinski definition) is 1. The average Bonchev–Trinajstić information content (AvgIpc) is 2.79. The van der Waals surface area contributed by atoms with Gasteiger partial charge in [-0.1, -0.05) is 19.9 Å². The van der Waals surface area contributed by atoms with E-state index < -0.39 is 0 Å². The number of rotatable bonds is 2. The minimum absolute atomic E-state index is 0.0978. The fourth-order valence-electron chi connectivity index (χ4n) is 3.72. The molecule has 1 heterocycles. The zero-order valence-electron chi connectivity index (χ0n) is 12.1. The third-order valence-electron chi connectivity index (χ3n) is 4.55. The average molecular weight is 291 g/mol. The number of benzene rings is 1. The Morgan fingerprint density at radius 2 is 1.85 bits per heavy atom. The van der Waals surface area contributed by atoms with E-state index in [-0.39, 0.29) is 11.9 Å². The molecule has 1 aliphatic rings. The summed E-state index contributed by atoms with van der Waals surface area (Å²) in [4.78, 5) is 1.21. The van der Waals surface area contributed by atoms with Gasteiger partial charge in [0.15, 0.2) is 0 Å². The zero-order chi connectivity index (χ0) is 14.3. The summed E-state index contributed by atoms with van der Waals surface area (Å²) >= 11 is 1.65. The molecule has 1 aliphatic carbocycles. The summed E-state index contributed by atoms with van der Waals surface area (Å²) < 4.78 is 14.3. The highest BCUT2D eigenvalue weighted by Gasteiger charge is 2.29. The number of thiophene rings is 1. The maximum absolute atomic E-state index is 13.3. The fourth-order valence-corrected chi connectivity index (χ4v) is 4.91. The van der Waals surface area contributed by atoms with Crippen LogP contribution >= 0.6 is 11.3 Å². The van der Waals surface area contributed by atoms with Gasteiger partial charge in [0, 0.05) is 15.6 Å². The molecule has 1 fully saturated rings. The van der Waals surface area contributed by atoms with Crippen LogP contribution in [-0.4, -0.2) is 0 Å². The Bertz CT molecular complexity index is 596. The molecule has 1 aromatic carbocycles. The summed E-state index contributed by atoms with van der Waals surface area (Å²) in [6.07, 6.45) is 3.75. The van der Waals surface area contributed by atoms with Crippen LogP contribution in [0.1, 0.15) is 44.0 Å². The maximum atomic E-state index is 13.3. The van der Waals surface area contributed by atoms with E-state index in [0.29, 0.717) is 5.92 Å². The van der Waals surface area contributed by atoms with Crippen molar-refractivity contribution in [1.29, 1.82) is 0 Å². The number of hydrogen-bond acceptors (Lipinski definition) is 2. The van der Waals surface area contributed by atoms with E-state index in [1.807, 2.05) is 6.07 Å². The lowest BCUT2D eigenvalue weighted by Gasteiger charge is -2.34. The van der Waals surface area contributed by atoms with Crippen molar-refractivity contribution in [2.45, 2.75) is 39.2 Å². The molecule has 3 rings (SSSR count). The molecule has 0 radical (unpaired) electrons. The van der Waals surface area contributed by atoms with Crippen LogP contribution in [0.3, 0.4) is 0 Å². The van der Waals surface area contributed by atoms with Crippen molar-refractivity contribution in [2.75, 3.05) is 0 Å². The van der Waals surface area contributed by atoms with Crippen LogP contribution in [0.5, 0.6) is 0 Å². The molecule has 0 amide bonds. The molecule has 0 spiro atoms. The zero-order valence-corrected chi connectivity index (χ0v) is 12.9. The van der Waals surface area contributed by atoms with Gasteiger partial charge in [-0.2, -0.15) is 0 Å². The van der Waals surface area contributed by atoms with Gasteiger partial charge in [-0.05, 0) is 60.6 Å². The third-order valence-corrected chi connectivity index (χ3v) is 5.75. The van der Waals surface area contributed by atoms with Crippen molar-refractivity contribution in [3.63, 3.8) is 0 Å². The third kappa shape index (κ3) is 2.75. The smallest absolute Gasteiger partial charge is 0.124 e. The van der Waals surface area contributed by atoms with Crippen molar-refractivity contribution in [3.05, 3.63) is 35.0 Å². The molecule has 1 nitrogen and oxygen atoms in total. The Kier molecular flexibility index (Phi) is 3.83. The summed E-state index contributed by atoms with van der Waals surface area (Å²) in [5.41, 5.74) is 6.51. The molecule has 1 aromatic heterocycles. The van der Waals surface area contributed by atoms with Crippen molar-refractivity contribution < 1.29 is 4.39 Å². The van der Waals surface area contributed by atoms with E-state index in [9.17, 15) is 4.39 Å². The molecule has 3 unspecified atom stereocenters. The number of fused-ring (bicyclic) bond motifs is 1. The monoisotopic (exact) mass is 291 g/mol. The second-order valence-corrected chi connectivity index (χ2v) is 7.65. The largest absolute Gasteiger partial charge is 0.323 e. The number of halogens is 1. The molecular formula is C17H22FNS. The van der Waals surface area contributed by atoms with E-state index in [0.717, 1.165) is 21.9 Å². The first-order chi connectivity index (χ1) is 9.52. The highest BCUT2D eigenvalue weighted by molar-refractivity contribution is 7.19. The molecule has 20 heavy (non-hydrogen) atoms. The molecule has 2 N–H and O–H groups in total. The Morgan fingerprint density at radius 1 is 1.15 bits per heavy atom. The van der Waals surface area contributed by atoms with Crippen LogP contribution in [0.15, 0.2) is 24.3 Å². The van der Waals surface area contributed by atoms with Crippen LogP contribution in [0, 0.1) is 23.6 Å². The van der Waals surface area contributed by atoms with Crippen molar-refractivity contribution in [1.82, 2.24) is 0 Å². The second kappa shape index (κ2) is 5.45. The Labute approximate surface area is 124 Å². The first-order valence-electron chi connectivity index (χ1n) is 7.47. The van der Waals surface area contributed by atoms with E-state index in [4.69, 9.17) is 5.73 Å². The van der Waals surface area contributed by atoms with Crippen LogP contribution in [0.25, 0.3) is 10.1 Å². The first-order valence-corrected chi connectivity index (χ1v) is 8.29. The van der Waals surface area contributed by atoms with Crippen LogP contribution in [-0.2, 0) is 0 Å². The van der Waals surface area contributed by atoms with Gasteiger partial charge in [-0.25, -0.2) is 4.39 Å². The molecule has 0 saturated heterocycles. The Morgan fingerprint density at radius 3 is 2.55 bits per heavy atom. The van der Waals surface area contributed by atoms with E-state index >= 15 is 0 Å². The highest BCUT2D eigenvalue weighted by Crippen LogP contribution is 2.41. The SMILES string of the molecule is CC1CC(C)CC(C(N)c2cc3ccc(F)cc3s2)C1. The fraction of sp³-hybridized carbons (Fsp3) is 0.529. The van der Waals surface area contributed by atoms with Gasteiger partial charge in [0.2, 0.25) is 0 Å². The molecule has 0 bridgehead atoms. The predicted molar refractivity (Wildman–Crippen MR) is 84.4 cm³/mol. The van der Waals surface area contributed by atoms with Gasteiger partial charge in [0.05, 0.1) is 0 Å². The van der Waals surface area contributed by atoms with Gasteiger partial charge in [0.1, 0.15) is 5.82 Å². The first kappa shape index (κ1) is 14.0. The minimum Gasteiger partial charge on any atom is -0.323 e. The topological polar surface area (TPSA) is 26.0 Å². The second-order valence-electron chi connectivity index (χ2n) is 6.53. The highest BCUT2D eigenvalue weighted by atomic mass is 32.1. The van der Waals surface area contributed by atoms with Gasteiger partial charge in [-0.3, -0.25) is 0 Å². The standard InChI is InChI=1S/C17H22FNS/c1-10-5-11(2)7-13(6-10)17(19)16-8-12-3-4-14(18)9-15(12)20-16/h3-4,8-11,13,17H,5-7,19H2,1-2H3. The van der Waals surface area contributed by atoms with Gasteiger partial charge < -0.3 is 5.73 Å². The molecule has 3 heteroatoms. The van der Waals surface area contributed by atoms with Crippen LogP contribution in [0.4, 0.5) is 4.39 Å². The lowest BCUT2D eigenvalue weighted by molar-refractivity contribution is 0.194. The normalized spacial score (nSPS) is 28.7. The van der Waals surface area contributed by atoms with E-state index in [2.05, 4.69) is 19.9 Å². The molecule has 108 valence electrons. The molecule has 1 saturated carbocycles. The minimum atomic E-state index is -0.167. The van der Waals surface area contributed by atoms with Crippen molar-refractivity contribution in [3.8, 4) is 0 Å². The van der Waals surface area contributed by atoms with Gasteiger partial charge in [-0.15, -0.1) is 11.3 Å². The molecule has 2 aromatic rings. The van der Waals surface area contributed by atoms with Gasteiger partial charge >= 0.3 is 0 Å². The van der Waals surface area contributed by atoms with E-state index in [1.54, 1.807) is 17.4 Å². The molecular weight excluding hydrogens is 269 g/mol. The van der Waals surface area contributed by atoms with Gasteiger partial charge in [0.25, 0.3) is 0 Å². The summed E-state index contributed by atoms with van der Waals surface area (Å²) in [6, 6.07) is 7.23. The van der Waals surface area contributed by atoms with Crippen molar-refractivity contribution >= 4 is 21.4 Å². The summed E-state index contributed by atoms with van der Waals surface area (Å²) in [5, 5.41) is 1.11. The Hall–Kier alpha value is -0.930. The molecule has 0 aliphatic heterocycles. The Balaban J connectivity index is 1.86. The molecule has 3 atom stereocenters. The van der Waals surface area contributed by atoms with Crippen LogP contribution < -0.4 is 5.73 Å². The summed E-state index contributed by atoms with van der Waals surface area (Å²) in [5.74, 6) is 1.93. The lowest BCUT2D eigenvalue weighted by atomic mass is 9.73. The predicted octanol–water partition coefficient (Wildman–Crippen LogP) is 5.11. The number of nitrogens with two attached hydrogens (primary N) is 1. The summed E-state index contributed by atoms with van der Waals surface area (Å²) in [7, 11) is 0. The van der Waals surface area contributed by atoms with E-state index in [1.165, 1.54) is 30.2 Å². The quantitative estimate of drug-likeness (QED) is 0.817. The van der Waals surface area contributed by atoms with Crippen LogP contribution in [0.2, 0.25) is 0 Å². The van der Waals surface area contributed by atoms with Crippen molar-refractivity contribution in [2.24, 2.45) is 23.5 Å².